The first kappa shape index (κ1) is 16.6. The van der Waals surface area contributed by atoms with Crippen molar-refractivity contribution in [2.75, 3.05) is 0 Å². The molecule has 0 saturated carbocycles. The van der Waals surface area contributed by atoms with Gasteiger partial charge in [0, 0.05) is 29.1 Å². The van der Waals surface area contributed by atoms with Gasteiger partial charge in [-0.25, -0.2) is 0 Å². The second kappa shape index (κ2) is 5.87. The predicted octanol–water partition coefficient (Wildman–Crippen LogP) is 3.87. The number of fused-ring (bicyclic) bond motifs is 2. The third-order valence-corrected chi connectivity index (χ3v) is 5.07. The Labute approximate surface area is 151 Å². The lowest BCUT2D eigenvalue weighted by atomic mass is 9.74. The van der Waals surface area contributed by atoms with Crippen molar-refractivity contribution in [3.63, 3.8) is 0 Å². The van der Waals surface area contributed by atoms with E-state index in [1.807, 2.05) is 25.1 Å². The Kier molecular flexibility index (Phi) is 3.75. The SMILES string of the molecule is Cc1cc2c(o1)CC(C)(C)CC2NC(=O)c1c[nH]c2ccccc2c1=O. The lowest BCUT2D eigenvalue weighted by Gasteiger charge is -2.34. The predicted molar refractivity (Wildman–Crippen MR) is 100 cm³/mol. The molecule has 1 unspecified atom stereocenters. The topological polar surface area (TPSA) is 75.1 Å². The number of nitrogens with one attached hydrogen (secondary N) is 2. The van der Waals surface area contributed by atoms with Crippen LogP contribution in [0, 0.1) is 12.3 Å². The molecule has 4 rings (SSSR count). The Morgan fingerprint density at radius 3 is 2.88 bits per heavy atom. The van der Waals surface area contributed by atoms with Crippen molar-refractivity contribution < 1.29 is 9.21 Å². The average molecular weight is 350 g/mol. The molecule has 2 heterocycles. The molecule has 26 heavy (non-hydrogen) atoms. The molecule has 1 amide bonds. The van der Waals surface area contributed by atoms with E-state index in [9.17, 15) is 9.59 Å². The Hall–Kier alpha value is -2.82. The Balaban J connectivity index is 1.68. The molecule has 1 aromatic carbocycles. The second-order valence-corrected chi connectivity index (χ2v) is 7.88. The number of carbonyl (C=O) groups is 1. The van der Waals surface area contributed by atoms with Crippen LogP contribution in [0.4, 0.5) is 0 Å². The van der Waals surface area contributed by atoms with Crippen molar-refractivity contribution >= 4 is 16.8 Å². The van der Waals surface area contributed by atoms with Gasteiger partial charge in [-0.15, -0.1) is 0 Å². The van der Waals surface area contributed by atoms with Crippen molar-refractivity contribution in [1.82, 2.24) is 10.3 Å². The molecule has 1 aliphatic rings. The summed E-state index contributed by atoms with van der Waals surface area (Å²) >= 11 is 0. The summed E-state index contributed by atoms with van der Waals surface area (Å²) in [6.07, 6.45) is 3.14. The minimum absolute atomic E-state index is 0.0189. The molecule has 0 aliphatic heterocycles. The quantitative estimate of drug-likeness (QED) is 0.737. The molecule has 5 nitrogen and oxygen atoms in total. The highest BCUT2D eigenvalue weighted by Gasteiger charge is 2.36. The number of aromatic amines is 1. The minimum atomic E-state index is -0.357. The number of para-hydroxylation sites is 1. The van der Waals surface area contributed by atoms with E-state index in [1.165, 1.54) is 6.20 Å². The molecule has 1 atom stereocenters. The highest BCUT2D eigenvalue weighted by atomic mass is 16.3. The van der Waals surface area contributed by atoms with Crippen LogP contribution in [-0.4, -0.2) is 10.9 Å². The zero-order chi connectivity index (χ0) is 18.5. The summed E-state index contributed by atoms with van der Waals surface area (Å²) in [6, 6.07) is 9.02. The molecule has 2 aromatic heterocycles. The number of benzene rings is 1. The second-order valence-electron chi connectivity index (χ2n) is 7.88. The maximum Gasteiger partial charge on any atom is 0.257 e. The Morgan fingerprint density at radius 1 is 1.31 bits per heavy atom. The standard InChI is InChI=1S/C21H22N2O3/c1-12-8-14-17(9-21(2,3)10-18(14)26-12)23-20(25)15-11-22-16-7-5-4-6-13(16)19(15)24/h4-8,11,17H,9-10H2,1-3H3,(H,22,24)(H,23,25). The van der Waals surface area contributed by atoms with E-state index < -0.39 is 0 Å². The molecule has 0 fully saturated rings. The van der Waals surface area contributed by atoms with Crippen molar-refractivity contribution in [3.05, 3.63) is 69.4 Å². The van der Waals surface area contributed by atoms with Gasteiger partial charge in [-0.1, -0.05) is 26.0 Å². The monoisotopic (exact) mass is 350 g/mol. The van der Waals surface area contributed by atoms with Crippen LogP contribution >= 0.6 is 0 Å². The summed E-state index contributed by atoms with van der Waals surface area (Å²) < 4.78 is 5.82. The van der Waals surface area contributed by atoms with E-state index in [1.54, 1.807) is 12.1 Å². The number of pyridine rings is 1. The van der Waals surface area contributed by atoms with Gasteiger partial charge >= 0.3 is 0 Å². The molecular formula is C21H22N2O3. The van der Waals surface area contributed by atoms with E-state index in [0.29, 0.717) is 5.39 Å². The van der Waals surface area contributed by atoms with Gasteiger partial charge in [0.2, 0.25) is 5.43 Å². The molecule has 3 aromatic rings. The first-order valence-corrected chi connectivity index (χ1v) is 8.84. The van der Waals surface area contributed by atoms with Crippen LogP contribution in [0.3, 0.4) is 0 Å². The van der Waals surface area contributed by atoms with Gasteiger partial charge in [-0.3, -0.25) is 9.59 Å². The van der Waals surface area contributed by atoms with E-state index in [-0.39, 0.29) is 28.4 Å². The van der Waals surface area contributed by atoms with Crippen LogP contribution < -0.4 is 10.7 Å². The van der Waals surface area contributed by atoms with E-state index in [0.717, 1.165) is 35.4 Å². The van der Waals surface area contributed by atoms with E-state index >= 15 is 0 Å². The minimum Gasteiger partial charge on any atom is -0.466 e. The molecule has 134 valence electrons. The Morgan fingerprint density at radius 2 is 2.08 bits per heavy atom. The number of carbonyl (C=O) groups excluding carboxylic acids is 1. The fourth-order valence-corrected chi connectivity index (χ4v) is 3.89. The molecule has 2 N–H and O–H groups in total. The summed E-state index contributed by atoms with van der Waals surface area (Å²) in [5.41, 5.74) is 1.64. The number of amides is 1. The first-order valence-electron chi connectivity index (χ1n) is 8.84. The lowest BCUT2D eigenvalue weighted by Crippen LogP contribution is -2.37. The van der Waals surface area contributed by atoms with Crippen LogP contribution in [-0.2, 0) is 6.42 Å². The number of hydrogen-bond donors (Lipinski definition) is 2. The normalized spacial score (nSPS) is 18.5. The molecule has 0 saturated heterocycles. The largest absolute Gasteiger partial charge is 0.466 e. The number of aromatic nitrogens is 1. The number of furan rings is 1. The molecular weight excluding hydrogens is 328 g/mol. The maximum absolute atomic E-state index is 12.8. The van der Waals surface area contributed by atoms with Gasteiger partial charge in [0.25, 0.3) is 5.91 Å². The third kappa shape index (κ3) is 2.83. The maximum atomic E-state index is 12.8. The lowest BCUT2D eigenvalue weighted by molar-refractivity contribution is 0.0916. The highest BCUT2D eigenvalue weighted by molar-refractivity contribution is 5.97. The highest BCUT2D eigenvalue weighted by Crippen LogP contribution is 2.42. The fraction of sp³-hybridized carbons (Fsp3) is 0.333. The summed E-state index contributed by atoms with van der Waals surface area (Å²) in [4.78, 5) is 28.6. The number of hydrogen-bond acceptors (Lipinski definition) is 3. The van der Waals surface area contributed by atoms with Gasteiger partial charge in [0.05, 0.1) is 6.04 Å². The van der Waals surface area contributed by atoms with E-state index in [4.69, 9.17) is 4.42 Å². The van der Waals surface area contributed by atoms with Crippen molar-refractivity contribution in [2.24, 2.45) is 5.41 Å². The van der Waals surface area contributed by atoms with E-state index in [2.05, 4.69) is 24.1 Å². The van der Waals surface area contributed by atoms with Crippen molar-refractivity contribution in [2.45, 2.75) is 39.7 Å². The number of aryl methyl sites for hydroxylation is 1. The summed E-state index contributed by atoms with van der Waals surface area (Å²) in [6.45, 7) is 6.24. The zero-order valence-electron chi connectivity index (χ0n) is 15.2. The van der Waals surface area contributed by atoms with Crippen LogP contribution in [0.1, 0.15) is 53.8 Å². The molecule has 1 aliphatic carbocycles. The smallest absolute Gasteiger partial charge is 0.257 e. The molecule has 0 bridgehead atoms. The van der Waals surface area contributed by atoms with Crippen LogP contribution in [0.15, 0.2) is 45.7 Å². The van der Waals surface area contributed by atoms with Crippen molar-refractivity contribution in [3.8, 4) is 0 Å². The summed E-state index contributed by atoms with van der Waals surface area (Å²) in [7, 11) is 0. The van der Waals surface area contributed by atoms with Gasteiger partial charge < -0.3 is 14.7 Å². The fourth-order valence-electron chi connectivity index (χ4n) is 3.89. The summed E-state index contributed by atoms with van der Waals surface area (Å²) in [5, 5.41) is 3.56. The molecule has 0 radical (unpaired) electrons. The van der Waals surface area contributed by atoms with Gasteiger partial charge in [-0.05, 0) is 37.0 Å². The number of rotatable bonds is 2. The average Bonchev–Trinajstić information content (AvgIpc) is 2.94. The van der Waals surface area contributed by atoms with Crippen molar-refractivity contribution in [1.29, 1.82) is 0 Å². The molecule has 0 spiro atoms. The number of H-pyrrole nitrogens is 1. The van der Waals surface area contributed by atoms with Gasteiger partial charge in [0.1, 0.15) is 17.1 Å². The summed E-state index contributed by atoms with van der Waals surface area (Å²) in [5.74, 6) is 1.41. The van der Waals surface area contributed by atoms with Gasteiger partial charge in [-0.2, -0.15) is 0 Å². The zero-order valence-corrected chi connectivity index (χ0v) is 15.2. The Bertz CT molecular complexity index is 1060. The first-order chi connectivity index (χ1) is 12.3. The van der Waals surface area contributed by atoms with Gasteiger partial charge in [0.15, 0.2) is 0 Å². The van der Waals surface area contributed by atoms with Crippen LogP contribution in [0.2, 0.25) is 0 Å². The third-order valence-electron chi connectivity index (χ3n) is 5.07. The van der Waals surface area contributed by atoms with Crippen LogP contribution in [0.25, 0.3) is 10.9 Å². The molecule has 5 heteroatoms. The van der Waals surface area contributed by atoms with Crippen LogP contribution in [0.5, 0.6) is 0 Å².